The Labute approximate surface area is 207 Å². The summed E-state index contributed by atoms with van der Waals surface area (Å²) in [5.74, 6) is -1.08. The second-order valence-corrected chi connectivity index (χ2v) is 11.3. The minimum atomic E-state index is -4.08. The molecule has 10 nitrogen and oxygen atoms in total. The molecule has 0 saturated carbocycles. The number of urea groups is 1. The van der Waals surface area contributed by atoms with E-state index in [1.54, 1.807) is 18.2 Å². The highest BCUT2D eigenvalue weighted by atomic mass is 32.2. The quantitative estimate of drug-likeness (QED) is 0.557. The number of thiophene rings is 1. The average molecular weight is 527 g/mol. The van der Waals surface area contributed by atoms with E-state index < -0.39 is 34.3 Å². The van der Waals surface area contributed by atoms with Gasteiger partial charge in [0.2, 0.25) is 0 Å². The van der Waals surface area contributed by atoms with Gasteiger partial charge in [-0.15, -0.1) is 11.3 Å². The van der Waals surface area contributed by atoms with E-state index in [-0.39, 0.29) is 29.7 Å². The van der Waals surface area contributed by atoms with Crippen LogP contribution in [0, 0.1) is 5.82 Å². The summed E-state index contributed by atoms with van der Waals surface area (Å²) >= 11 is 1.03. The molecule has 1 aromatic heterocycles. The number of sulfonamides is 1. The Balaban J connectivity index is 1.55. The third-order valence-corrected chi connectivity index (χ3v) is 9.35. The molecule has 2 saturated heterocycles. The zero-order valence-electron chi connectivity index (χ0n) is 19.1. The molecule has 3 amide bonds. The molecule has 2 atom stereocenters. The third-order valence-electron chi connectivity index (χ3n) is 5.84. The fourth-order valence-electron chi connectivity index (χ4n) is 3.95. The number of halogens is 1. The number of hydrogen-bond donors (Lipinski definition) is 2. The lowest BCUT2D eigenvalue weighted by atomic mass is 10.2. The SMILES string of the molecule is CNC(=O)N1CCN(S(=O)(=O)c2ccc(-c3ccc(F)cc3)s2)C(C(=O)NOC2CCCCO2)C1. The average Bonchev–Trinajstić information content (AvgIpc) is 3.39. The smallest absolute Gasteiger partial charge is 0.317 e. The molecule has 190 valence electrons. The first-order valence-electron chi connectivity index (χ1n) is 11.2. The molecule has 35 heavy (non-hydrogen) atoms. The van der Waals surface area contributed by atoms with Gasteiger partial charge in [0.15, 0.2) is 6.29 Å². The largest absolute Gasteiger partial charge is 0.350 e. The lowest BCUT2D eigenvalue weighted by Gasteiger charge is -2.39. The highest BCUT2D eigenvalue weighted by Gasteiger charge is 2.42. The van der Waals surface area contributed by atoms with Crippen LogP contribution in [0.3, 0.4) is 0 Å². The molecule has 0 radical (unpaired) electrons. The van der Waals surface area contributed by atoms with Crippen molar-refractivity contribution in [3.8, 4) is 10.4 Å². The van der Waals surface area contributed by atoms with E-state index in [0.29, 0.717) is 23.5 Å². The zero-order valence-corrected chi connectivity index (χ0v) is 20.7. The van der Waals surface area contributed by atoms with Crippen molar-refractivity contribution in [1.82, 2.24) is 20.0 Å². The van der Waals surface area contributed by atoms with Crippen LogP contribution in [-0.2, 0) is 24.4 Å². The standard InChI is InChI=1S/C22H27FN4O6S2/c1-24-22(29)26-11-12-27(17(14-26)21(28)25-33-19-4-2-3-13-32-19)35(30,31)20-10-9-18(34-20)15-5-7-16(23)8-6-15/h5-10,17,19H,2-4,11-14H2,1H3,(H,24,29)(H,25,28). The number of ether oxygens (including phenoxy) is 1. The van der Waals surface area contributed by atoms with Crippen LogP contribution in [0.25, 0.3) is 10.4 Å². The van der Waals surface area contributed by atoms with Gasteiger partial charge in [0, 0.05) is 44.6 Å². The van der Waals surface area contributed by atoms with Crippen molar-refractivity contribution < 1.29 is 32.0 Å². The summed E-state index contributed by atoms with van der Waals surface area (Å²) in [5.41, 5.74) is 3.01. The van der Waals surface area contributed by atoms with Gasteiger partial charge in [0.25, 0.3) is 15.9 Å². The van der Waals surface area contributed by atoms with Gasteiger partial charge in [-0.1, -0.05) is 12.1 Å². The Kier molecular flexibility index (Phi) is 8.02. The normalized spacial score (nSPS) is 21.5. The second-order valence-electron chi connectivity index (χ2n) is 8.14. The van der Waals surface area contributed by atoms with Crippen molar-refractivity contribution in [3.63, 3.8) is 0 Å². The number of carbonyl (C=O) groups is 2. The Morgan fingerprint density at radius 2 is 1.91 bits per heavy atom. The summed E-state index contributed by atoms with van der Waals surface area (Å²) in [4.78, 5) is 32.6. The van der Waals surface area contributed by atoms with Gasteiger partial charge in [0.05, 0.1) is 0 Å². The number of amides is 3. The molecular weight excluding hydrogens is 499 g/mol. The zero-order chi connectivity index (χ0) is 25.0. The molecule has 0 spiro atoms. The fraction of sp³-hybridized carbons (Fsp3) is 0.455. The number of nitrogens with zero attached hydrogens (tertiary/aromatic N) is 2. The van der Waals surface area contributed by atoms with Crippen molar-refractivity contribution in [3.05, 3.63) is 42.2 Å². The van der Waals surface area contributed by atoms with Gasteiger partial charge >= 0.3 is 6.03 Å². The first kappa shape index (κ1) is 25.5. The lowest BCUT2D eigenvalue weighted by molar-refractivity contribution is -0.202. The van der Waals surface area contributed by atoms with Crippen molar-refractivity contribution in [2.75, 3.05) is 33.3 Å². The number of nitrogens with one attached hydrogen (secondary N) is 2. The number of benzene rings is 1. The summed E-state index contributed by atoms with van der Waals surface area (Å²) in [5, 5.41) is 2.50. The maximum Gasteiger partial charge on any atom is 0.317 e. The molecule has 0 bridgehead atoms. The molecular formula is C22H27FN4O6S2. The monoisotopic (exact) mass is 526 g/mol. The van der Waals surface area contributed by atoms with Gasteiger partial charge in [-0.05, 0) is 42.7 Å². The van der Waals surface area contributed by atoms with Gasteiger partial charge in [-0.3, -0.25) is 4.79 Å². The van der Waals surface area contributed by atoms with Crippen LogP contribution in [0.2, 0.25) is 0 Å². The summed E-state index contributed by atoms with van der Waals surface area (Å²) in [6.45, 7) is 0.419. The highest BCUT2D eigenvalue weighted by Crippen LogP contribution is 2.33. The van der Waals surface area contributed by atoms with Gasteiger partial charge in [-0.2, -0.15) is 4.31 Å². The van der Waals surface area contributed by atoms with Crippen LogP contribution in [0.1, 0.15) is 19.3 Å². The molecule has 2 aliphatic rings. The van der Waals surface area contributed by atoms with Gasteiger partial charge in [0.1, 0.15) is 16.1 Å². The number of rotatable bonds is 6. The second kappa shape index (κ2) is 11.0. The number of piperazine rings is 1. The molecule has 0 aliphatic carbocycles. The number of carbonyl (C=O) groups excluding carboxylic acids is 2. The summed E-state index contributed by atoms with van der Waals surface area (Å²) in [6.07, 6.45) is 1.80. The van der Waals surface area contributed by atoms with E-state index in [4.69, 9.17) is 9.57 Å². The Hall–Kier alpha value is -2.58. The van der Waals surface area contributed by atoms with Gasteiger partial charge < -0.3 is 15.0 Å². The molecule has 13 heteroatoms. The molecule has 3 heterocycles. The predicted molar refractivity (Wildman–Crippen MR) is 126 cm³/mol. The van der Waals surface area contributed by atoms with E-state index in [1.165, 1.54) is 30.1 Å². The van der Waals surface area contributed by atoms with E-state index in [1.807, 2.05) is 0 Å². The Bertz CT molecular complexity index is 1150. The van der Waals surface area contributed by atoms with E-state index in [9.17, 15) is 22.4 Å². The van der Waals surface area contributed by atoms with Crippen molar-refractivity contribution >= 4 is 33.3 Å². The first-order chi connectivity index (χ1) is 16.8. The van der Waals surface area contributed by atoms with Crippen LogP contribution in [0.4, 0.5) is 9.18 Å². The van der Waals surface area contributed by atoms with E-state index >= 15 is 0 Å². The molecule has 2 N–H and O–H groups in total. The lowest BCUT2D eigenvalue weighted by Crippen LogP contribution is -2.62. The minimum Gasteiger partial charge on any atom is -0.350 e. The first-order valence-corrected chi connectivity index (χ1v) is 13.5. The third kappa shape index (κ3) is 5.81. The van der Waals surface area contributed by atoms with Crippen LogP contribution >= 0.6 is 11.3 Å². The van der Waals surface area contributed by atoms with E-state index in [2.05, 4.69) is 10.8 Å². The van der Waals surface area contributed by atoms with E-state index in [0.717, 1.165) is 28.5 Å². The maximum absolute atomic E-state index is 13.6. The predicted octanol–water partition coefficient (Wildman–Crippen LogP) is 2.14. The fourth-order valence-corrected chi connectivity index (χ4v) is 6.96. The van der Waals surface area contributed by atoms with Gasteiger partial charge in [-0.25, -0.2) is 27.9 Å². The topological polar surface area (TPSA) is 117 Å². The summed E-state index contributed by atoms with van der Waals surface area (Å²) < 4.78 is 47.0. The van der Waals surface area contributed by atoms with Crippen LogP contribution in [0.5, 0.6) is 0 Å². The maximum atomic E-state index is 13.6. The summed E-state index contributed by atoms with van der Waals surface area (Å²) in [6, 6.07) is 7.24. The molecule has 1 aromatic carbocycles. The molecule has 4 rings (SSSR count). The Morgan fingerprint density at radius 1 is 1.14 bits per heavy atom. The summed E-state index contributed by atoms with van der Waals surface area (Å²) in [7, 11) is -2.61. The molecule has 2 fully saturated rings. The van der Waals surface area contributed by atoms with Crippen molar-refractivity contribution in [2.45, 2.75) is 35.8 Å². The number of hydroxylamine groups is 1. The van der Waals surface area contributed by atoms with Crippen LogP contribution < -0.4 is 10.8 Å². The number of hydrogen-bond acceptors (Lipinski definition) is 7. The van der Waals surface area contributed by atoms with Crippen molar-refractivity contribution in [2.24, 2.45) is 0 Å². The minimum absolute atomic E-state index is 0.0413. The van der Waals surface area contributed by atoms with Crippen molar-refractivity contribution in [1.29, 1.82) is 0 Å². The molecule has 2 unspecified atom stereocenters. The van der Waals surface area contributed by atoms with Crippen LogP contribution in [-0.4, -0.2) is 75.2 Å². The molecule has 2 aliphatic heterocycles. The Morgan fingerprint density at radius 3 is 2.60 bits per heavy atom. The van der Waals surface area contributed by atoms with Crippen LogP contribution in [0.15, 0.2) is 40.6 Å². The molecule has 2 aromatic rings. The highest BCUT2D eigenvalue weighted by molar-refractivity contribution is 7.91.